The van der Waals surface area contributed by atoms with Gasteiger partial charge >= 0.3 is 0 Å². The van der Waals surface area contributed by atoms with Crippen LogP contribution in [0.25, 0.3) is 0 Å². The molecule has 0 saturated heterocycles. The first kappa shape index (κ1) is 12.5. The summed E-state index contributed by atoms with van der Waals surface area (Å²) in [6, 6.07) is 7.53. The predicted molar refractivity (Wildman–Crippen MR) is 70.8 cm³/mol. The molecule has 0 amide bonds. The van der Waals surface area contributed by atoms with Gasteiger partial charge in [-0.1, -0.05) is 12.5 Å². The van der Waals surface area contributed by atoms with Gasteiger partial charge in [0.15, 0.2) is 0 Å². The summed E-state index contributed by atoms with van der Waals surface area (Å²) < 4.78 is 0. The van der Waals surface area contributed by atoms with Gasteiger partial charge in [0.2, 0.25) is 0 Å². The van der Waals surface area contributed by atoms with Crippen molar-refractivity contribution in [3.63, 3.8) is 0 Å². The lowest BCUT2D eigenvalue weighted by Gasteiger charge is -2.35. The highest BCUT2D eigenvalue weighted by molar-refractivity contribution is 5.03. The number of nitrogens with one attached hydrogen (secondary N) is 1. The van der Waals surface area contributed by atoms with E-state index in [2.05, 4.69) is 41.4 Å². The molecule has 1 N–H and O–H groups in total. The van der Waals surface area contributed by atoms with E-state index in [1.807, 2.05) is 12.3 Å². The van der Waals surface area contributed by atoms with Crippen molar-refractivity contribution in [2.75, 3.05) is 14.1 Å². The first-order valence-corrected chi connectivity index (χ1v) is 6.57. The Morgan fingerprint density at radius 1 is 1.41 bits per heavy atom. The molecule has 0 spiro atoms. The summed E-state index contributed by atoms with van der Waals surface area (Å²) in [6.07, 6.45) is 7.12. The van der Waals surface area contributed by atoms with Gasteiger partial charge < -0.3 is 5.32 Å². The quantitative estimate of drug-likeness (QED) is 0.862. The summed E-state index contributed by atoms with van der Waals surface area (Å²) in [7, 11) is 4.29. The third kappa shape index (κ3) is 3.51. The summed E-state index contributed by atoms with van der Waals surface area (Å²) in [5.41, 5.74) is 1.17. The summed E-state index contributed by atoms with van der Waals surface area (Å²) >= 11 is 0. The summed E-state index contributed by atoms with van der Waals surface area (Å²) in [5.74, 6) is 0. The Kier molecular flexibility index (Phi) is 4.51. The third-order valence-corrected chi connectivity index (χ3v) is 3.82. The Hall–Kier alpha value is -0.930. The van der Waals surface area contributed by atoms with E-state index in [-0.39, 0.29) is 0 Å². The maximum absolute atomic E-state index is 4.40. The number of rotatable bonds is 4. The Balaban J connectivity index is 1.89. The van der Waals surface area contributed by atoms with Gasteiger partial charge in [-0.25, -0.2) is 0 Å². The molecule has 0 aliphatic heterocycles. The van der Waals surface area contributed by atoms with Crippen molar-refractivity contribution in [1.82, 2.24) is 15.2 Å². The Morgan fingerprint density at radius 2 is 2.29 bits per heavy atom. The van der Waals surface area contributed by atoms with Gasteiger partial charge in [-0.15, -0.1) is 0 Å². The van der Waals surface area contributed by atoms with Crippen molar-refractivity contribution in [3.8, 4) is 0 Å². The highest BCUT2D eigenvalue weighted by Crippen LogP contribution is 2.23. The SMILES string of the molecule is CNC1CCCC(N(C)Cc2ccccn2)C1. The molecule has 2 atom stereocenters. The summed E-state index contributed by atoms with van der Waals surface area (Å²) in [6.45, 7) is 0.960. The molecule has 1 saturated carbocycles. The van der Waals surface area contributed by atoms with E-state index in [0.29, 0.717) is 12.1 Å². The lowest BCUT2D eigenvalue weighted by atomic mass is 9.90. The maximum Gasteiger partial charge on any atom is 0.0543 e. The third-order valence-electron chi connectivity index (χ3n) is 3.82. The van der Waals surface area contributed by atoms with Crippen molar-refractivity contribution in [3.05, 3.63) is 30.1 Å². The maximum atomic E-state index is 4.40. The van der Waals surface area contributed by atoms with Gasteiger partial charge in [0, 0.05) is 24.8 Å². The Labute approximate surface area is 104 Å². The minimum atomic E-state index is 0.694. The number of aromatic nitrogens is 1. The molecule has 0 aromatic carbocycles. The number of pyridine rings is 1. The van der Waals surface area contributed by atoms with Gasteiger partial charge in [-0.05, 0) is 45.5 Å². The molecule has 0 bridgehead atoms. The number of nitrogens with zero attached hydrogens (tertiary/aromatic N) is 2. The van der Waals surface area contributed by atoms with Crippen LogP contribution in [0.4, 0.5) is 0 Å². The van der Waals surface area contributed by atoms with E-state index < -0.39 is 0 Å². The van der Waals surface area contributed by atoms with Gasteiger partial charge in [0.05, 0.1) is 5.69 Å². The smallest absolute Gasteiger partial charge is 0.0543 e. The summed E-state index contributed by atoms with van der Waals surface area (Å²) in [4.78, 5) is 6.85. The topological polar surface area (TPSA) is 28.2 Å². The van der Waals surface area contributed by atoms with E-state index in [1.165, 1.54) is 31.4 Å². The van der Waals surface area contributed by atoms with E-state index in [9.17, 15) is 0 Å². The van der Waals surface area contributed by atoms with E-state index in [1.54, 1.807) is 0 Å². The first-order valence-electron chi connectivity index (χ1n) is 6.57. The minimum Gasteiger partial charge on any atom is -0.317 e. The molecule has 1 aliphatic rings. The van der Waals surface area contributed by atoms with Crippen LogP contribution in [-0.2, 0) is 6.54 Å². The standard InChI is InChI=1S/C14H23N3/c1-15-12-7-5-8-14(10-12)17(2)11-13-6-3-4-9-16-13/h3-4,6,9,12,14-15H,5,7-8,10-11H2,1-2H3. The zero-order chi connectivity index (χ0) is 12.1. The van der Waals surface area contributed by atoms with E-state index in [0.717, 1.165) is 6.54 Å². The van der Waals surface area contributed by atoms with Crippen LogP contribution in [0.5, 0.6) is 0 Å². The molecule has 1 aliphatic carbocycles. The van der Waals surface area contributed by atoms with Crippen LogP contribution >= 0.6 is 0 Å². The normalized spacial score (nSPS) is 25.1. The van der Waals surface area contributed by atoms with Gasteiger partial charge in [0.1, 0.15) is 0 Å². The molecular formula is C14H23N3. The van der Waals surface area contributed by atoms with Gasteiger partial charge in [0.25, 0.3) is 0 Å². The number of hydrogen-bond acceptors (Lipinski definition) is 3. The molecule has 2 unspecified atom stereocenters. The molecule has 17 heavy (non-hydrogen) atoms. The van der Waals surface area contributed by atoms with Crippen molar-refractivity contribution in [1.29, 1.82) is 0 Å². The Morgan fingerprint density at radius 3 is 3.00 bits per heavy atom. The fourth-order valence-electron chi connectivity index (χ4n) is 2.70. The predicted octanol–water partition coefficient (Wildman–Crippen LogP) is 2.04. The molecule has 0 radical (unpaired) electrons. The zero-order valence-corrected chi connectivity index (χ0v) is 10.9. The molecule has 1 fully saturated rings. The highest BCUT2D eigenvalue weighted by atomic mass is 15.1. The average Bonchev–Trinajstić information content (AvgIpc) is 2.40. The minimum absolute atomic E-state index is 0.694. The molecule has 1 aromatic heterocycles. The zero-order valence-electron chi connectivity index (χ0n) is 10.9. The van der Waals surface area contributed by atoms with Gasteiger partial charge in [-0.3, -0.25) is 9.88 Å². The lowest BCUT2D eigenvalue weighted by Crippen LogP contribution is -2.41. The second kappa shape index (κ2) is 6.12. The second-order valence-electron chi connectivity index (χ2n) is 5.04. The molecular weight excluding hydrogens is 210 g/mol. The fraction of sp³-hybridized carbons (Fsp3) is 0.643. The van der Waals surface area contributed by atoms with Gasteiger partial charge in [-0.2, -0.15) is 0 Å². The monoisotopic (exact) mass is 233 g/mol. The van der Waals surface area contributed by atoms with Crippen molar-refractivity contribution in [2.24, 2.45) is 0 Å². The van der Waals surface area contributed by atoms with E-state index in [4.69, 9.17) is 0 Å². The first-order chi connectivity index (χ1) is 8.29. The van der Waals surface area contributed by atoms with Crippen LogP contribution in [-0.4, -0.2) is 36.1 Å². The molecule has 3 heteroatoms. The van der Waals surface area contributed by atoms with Crippen LogP contribution < -0.4 is 5.32 Å². The van der Waals surface area contributed by atoms with Crippen LogP contribution in [0.3, 0.4) is 0 Å². The van der Waals surface area contributed by atoms with Crippen LogP contribution in [0.1, 0.15) is 31.4 Å². The molecule has 94 valence electrons. The van der Waals surface area contributed by atoms with Crippen molar-refractivity contribution >= 4 is 0 Å². The molecule has 1 heterocycles. The van der Waals surface area contributed by atoms with Crippen LogP contribution in [0.2, 0.25) is 0 Å². The van der Waals surface area contributed by atoms with Crippen molar-refractivity contribution < 1.29 is 0 Å². The Bertz CT molecular complexity index is 325. The number of hydrogen-bond donors (Lipinski definition) is 1. The average molecular weight is 233 g/mol. The molecule has 2 rings (SSSR count). The van der Waals surface area contributed by atoms with Crippen LogP contribution in [0, 0.1) is 0 Å². The van der Waals surface area contributed by atoms with E-state index >= 15 is 0 Å². The highest BCUT2D eigenvalue weighted by Gasteiger charge is 2.23. The molecule has 3 nitrogen and oxygen atoms in total. The molecule has 1 aromatic rings. The van der Waals surface area contributed by atoms with Crippen molar-refractivity contribution in [2.45, 2.75) is 44.3 Å². The second-order valence-corrected chi connectivity index (χ2v) is 5.04. The summed E-state index contributed by atoms with van der Waals surface area (Å²) in [5, 5.41) is 3.41. The lowest BCUT2D eigenvalue weighted by molar-refractivity contribution is 0.164. The fourth-order valence-corrected chi connectivity index (χ4v) is 2.70. The van der Waals surface area contributed by atoms with Crippen LogP contribution in [0.15, 0.2) is 24.4 Å². The largest absolute Gasteiger partial charge is 0.317 e.